The third kappa shape index (κ3) is 1.79. The molecular weight excluding hydrogens is 182 g/mol. The van der Waals surface area contributed by atoms with Gasteiger partial charge in [-0.3, -0.25) is 0 Å². The van der Waals surface area contributed by atoms with Crippen LogP contribution in [0.2, 0.25) is 0 Å². The molecule has 1 aromatic carbocycles. The number of carbonyl (C=O) groups is 1. The molecule has 0 heterocycles. The number of hydrogen-bond acceptors (Lipinski definition) is 2. The minimum Gasteiger partial charge on any atom is -0.508 e. The van der Waals surface area contributed by atoms with Crippen molar-refractivity contribution in [3.63, 3.8) is 0 Å². The quantitative estimate of drug-likeness (QED) is 0.666. The molecule has 1 aliphatic carbocycles. The van der Waals surface area contributed by atoms with E-state index in [2.05, 4.69) is 5.32 Å². The lowest BCUT2D eigenvalue weighted by atomic mass is 10.1. The van der Waals surface area contributed by atoms with E-state index in [-0.39, 0.29) is 17.7 Å². The Morgan fingerprint density at radius 3 is 2.57 bits per heavy atom. The second-order valence-electron chi connectivity index (χ2n) is 3.49. The van der Waals surface area contributed by atoms with Crippen LogP contribution in [-0.4, -0.2) is 22.3 Å². The van der Waals surface area contributed by atoms with Gasteiger partial charge in [-0.05, 0) is 24.1 Å². The van der Waals surface area contributed by atoms with Gasteiger partial charge in [0.15, 0.2) is 0 Å². The summed E-state index contributed by atoms with van der Waals surface area (Å²) in [6.07, 6.45) is -0.131. The Morgan fingerprint density at radius 1 is 1.36 bits per heavy atom. The lowest BCUT2D eigenvalue weighted by Gasteiger charge is -2.00. The molecule has 1 aromatic rings. The summed E-state index contributed by atoms with van der Waals surface area (Å²) in [5.41, 5.74) is 1.07. The summed E-state index contributed by atoms with van der Waals surface area (Å²) in [6, 6.07) is 6.92. The first-order chi connectivity index (χ1) is 6.66. The van der Waals surface area contributed by atoms with Crippen LogP contribution < -0.4 is 5.32 Å². The molecule has 0 aromatic heterocycles. The van der Waals surface area contributed by atoms with Crippen molar-refractivity contribution in [1.29, 1.82) is 0 Å². The second kappa shape index (κ2) is 3.21. The fourth-order valence-electron chi connectivity index (χ4n) is 1.60. The minimum atomic E-state index is -0.976. The first-order valence-electron chi connectivity index (χ1n) is 4.45. The monoisotopic (exact) mass is 193 g/mol. The van der Waals surface area contributed by atoms with Crippen molar-refractivity contribution in [2.45, 2.75) is 18.4 Å². The van der Waals surface area contributed by atoms with Gasteiger partial charge in [0.05, 0.1) is 0 Å². The smallest absolute Gasteiger partial charge is 0.404 e. The Kier molecular flexibility index (Phi) is 2.04. The van der Waals surface area contributed by atoms with Gasteiger partial charge in [-0.1, -0.05) is 12.1 Å². The zero-order chi connectivity index (χ0) is 10.1. The van der Waals surface area contributed by atoms with Gasteiger partial charge in [0.2, 0.25) is 0 Å². The molecule has 0 radical (unpaired) electrons. The molecule has 0 saturated heterocycles. The van der Waals surface area contributed by atoms with E-state index in [1.807, 2.05) is 12.1 Å². The molecule has 2 rings (SSSR count). The van der Waals surface area contributed by atoms with E-state index in [0.717, 1.165) is 12.0 Å². The van der Waals surface area contributed by atoms with E-state index in [4.69, 9.17) is 10.2 Å². The molecule has 1 saturated carbocycles. The number of benzene rings is 1. The highest BCUT2D eigenvalue weighted by molar-refractivity contribution is 5.65. The number of phenolic OH excluding ortho intramolecular Hbond substituents is 1. The Bertz CT molecular complexity index is 347. The summed E-state index contributed by atoms with van der Waals surface area (Å²) in [5.74, 6) is 0.504. The average molecular weight is 193 g/mol. The summed E-state index contributed by atoms with van der Waals surface area (Å²) in [7, 11) is 0. The number of nitrogens with one attached hydrogen (secondary N) is 1. The van der Waals surface area contributed by atoms with E-state index in [1.54, 1.807) is 12.1 Å². The lowest BCUT2D eigenvalue weighted by Crippen LogP contribution is -2.24. The molecule has 74 valence electrons. The van der Waals surface area contributed by atoms with E-state index in [1.165, 1.54) is 0 Å². The van der Waals surface area contributed by atoms with Gasteiger partial charge < -0.3 is 15.5 Å². The highest BCUT2D eigenvalue weighted by atomic mass is 16.4. The number of amides is 1. The molecular formula is C10H11NO3. The van der Waals surface area contributed by atoms with Crippen LogP contribution in [-0.2, 0) is 0 Å². The third-order valence-corrected chi connectivity index (χ3v) is 2.42. The number of carboxylic acid groups (broad SMARTS) is 1. The predicted molar refractivity (Wildman–Crippen MR) is 50.4 cm³/mol. The van der Waals surface area contributed by atoms with Crippen molar-refractivity contribution >= 4 is 6.09 Å². The molecule has 14 heavy (non-hydrogen) atoms. The SMILES string of the molecule is O=C(O)NC1CC1c1ccc(O)cc1. The van der Waals surface area contributed by atoms with Crippen LogP contribution in [0.3, 0.4) is 0 Å². The molecule has 0 bridgehead atoms. The van der Waals surface area contributed by atoms with Crippen LogP contribution in [0.1, 0.15) is 17.9 Å². The Balaban J connectivity index is 1.99. The molecule has 0 spiro atoms. The van der Waals surface area contributed by atoms with Crippen molar-refractivity contribution in [2.75, 3.05) is 0 Å². The van der Waals surface area contributed by atoms with Gasteiger partial charge in [0.25, 0.3) is 0 Å². The maximum Gasteiger partial charge on any atom is 0.404 e. The summed E-state index contributed by atoms with van der Waals surface area (Å²) < 4.78 is 0. The number of aromatic hydroxyl groups is 1. The predicted octanol–water partition coefficient (Wildman–Crippen LogP) is 1.52. The van der Waals surface area contributed by atoms with E-state index < -0.39 is 6.09 Å². The van der Waals surface area contributed by atoms with E-state index in [0.29, 0.717) is 0 Å². The summed E-state index contributed by atoms with van der Waals surface area (Å²) >= 11 is 0. The van der Waals surface area contributed by atoms with Crippen molar-refractivity contribution in [3.05, 3.63) is 29.8 Å². The number of phenols is 1. The summed E-state index contributed by atoms with van der Waals surface area (Å²) in [5, 5.41) is 20.0. The van der Waals surface area contributed by atoms with Gasteiger partial charge in [0.1, 0.15) is 5.75 Å². The normalized spacial score (nSPS) is 24.3. The number of rotatable bonds is 2. The topological polar surface area (TPSA) is 69.6 Å². The molecule has 2 unspecified atom stereocenters. The van der Waals surface area contributed by atoms with Crippen LogP contribution in [0, 0.1) is 0 Å². The second-order valence-corrected chi connectivity index (χ2v) is 3.49. The van der Waals surface area contributed by atoms with Crippen molar-refractivity contribution in [3.8, 4) is 5.75 Å². The van der Waals surface area contributed by atoms with Crippen LogP contribution in [0.25, 0.3) is 0 Å². The van der Waals surface area contributed by atoms with Gasteiger partial charge in [0, 0.05) is 12.0 Å². The molecule has 3 N–H and O–H groups in total. The largest absolute Gasteiger partial charge is 0.508 e. The zero-order valence-corrected chi connectivity index (χ0v) is 7.47. The van der Waals surface area contributed by atoms with Crippen molar-refractivity contribution in [2.24, 2.45) is 0 Å². The maximum atomic E-state index is 10.3. The molecule has 0 aliphatic heterocycles. The Morgan fingerprint density at radius 2 is 2.00 bits per heavy atom. The van der Waals surface area contributed by atoms with Gasteiger partial charge >= 0.3 is 6.09 Å². The zero-order valence-electron chi connectivity index (χ0n) is 7.47. The molecule has 4 heteroatoms. The van der Waals surface area contributed by atoms with Crippen LogP contribution in [0.4, 0.5) is 4.79 Å². The fourth-order valence-corrected chi connectivity index (χ4v) is 1.60. The van der Waals surface area contributed by atoms with Crippen LogP contribution >= 0.6 is 0 Å². The molecule has 1 aliphatic rings. The highest BCUT2D eigenvalue weighted by Crippen LogP contribution is 2.40. The van der Waals surface area contributed by atoms with Gasteiger partial charge in [-0.2, -0.15) is 0 Å². The van der Waals surface area contributed by atoms with E-state index in [9.17, 15) is 4.79 Å². The standard InChI is InChI=1S/C10H11NO3/c12-7-3-1-6(2-4-7)8-5-9(8)11-10(13)14/h1-4,8-9,11-12H,5H2,(H,13,14). The molecule has 4 nitrogen and oxygen atoms in total. The highest BCUT2D eigenvalue weighted by Gasteiger charge is 2.39. The van der Waals surface area contributed by atoms with Crippen LogP contribution in [0.15, 0.2) is 24.3 Å². The molecule has 1 fully saturated rings. The van der Waals surface area contributed by atoms with Gasteiger partial charge in [-0.15, -0.1) is 0 Å². The fraction of sp³-hybridized carbons (Fsp3) is 0.300. The average Bonchev–Trinajstić information content (AvgIpc) is 2.84. The van der Waals surface area contributed by atoms with Crippen molar-refractivity contribution in [1.82, 2.24) is 5.32 Å². The summed E-state index contributed by atoms with van der Waals surface area (Å²) in [4.78, 5) is 10.3. The number of hydrogen-bond donors (Lipinski definition) is 3. The lowest BCUT2D eigenvalue weighted by molar-refractivity contribution is 0.193. The minimum absolute atomic E-state index is 0.0389. The maximum absolute atomic E-state index is 10.3. The summed E-state index contributed by atoms with van der Waals surface area (Å²) in [6.45, 7) is 0. The van der Waals surface area contributed by atoms with Crippen molar-refractivity contribution < 1.29 is 15.0 Å². The first-order valence-corrected chi connectivity index (χ1v) is 4.45. The third-order valence-electron chi connectivity index (χ3n) is 2.42. The first kappa shape index (κ1) is 8.87. The Hall–Kier alpha value is -1.71. The molecule has 1 amide bonds. The van der Waals surface area contributed by atoms with Crippen LogP contribution in [0.5, 0.6) is 5.75 Å². The molecule has 2 atom stereocenters. The van der Waals surface area contributed by atoms with E-state index >= 15 is 0 Å². The van der Waals surface area contributed by atoms with Gasteiger partial charge in [-0.25, -0.2) is 4.79 Å². The Labute approximate surface area is 81.2 Å².